The van der Waals surface area contributed by atoms with Crippen molar-refractivity contribution in [2.75, 3.05) is 5.73 Å². The Morgan fingerprint density at radius 3 is 2.19 bits per heavy atom. The van der Waals surface area contributed by atoms with Crippen LogP contribution in [-0.4, -0.2) is 9.97 Å². The largest absolute Gasteiger partial charge is 0.383 e. The summed E-state index contributed by atoms with van der Waals surface area (Å²) >= 11 is 2.26. The smallest absolute Gasteiger partial charge is 0.140 e. The van der Waals surface area contributed by atoms with E-state index in [0.29, 0.717) is 16.6 Å². The number of aromatic nitrogens is 2. The highest BCUT2D eigenvalue weighted by molar-refractivity contribution is 14.1. The summed E-state index contributed by atoms with van der Waals surface area (Å²) in [6.07, 6.45) is 7.98. The molecule has 0 saturated heterocycles. The Balaban J connectivity index is 1.84. The zero-order chi connectivity index (χ0) is 15.0. The van der Waals surface area contributed by atoms with Crippen molar-refractivity contribution >= 4 is 28.4 Å². The van der Waals surface area contributed by atoms with Gasteiger partial charge in [0.25, 0.3) is 0 Å². The van der Waals surface area contributed by atoms with Crippen LogP contribution in [0.15, 0.2) is 0 Å². The SMILES string of the molecule is Cc1nc(C23CC4CC(C)(CC(C)(C4)C2)C3)nc(N)c1I. The second kappa shape index (κ2) is 4.12. The minimum Gasteiger partial charge on any atom is -0.383 e. The van der Waals surface area contributed by atoms with Gasteiger partial charge >= 0.3 is 0 Å². The van der Waals surface area contributed by atoms with Gasteiger partial charge in [0.15, 0.2) is 0 Å². The van der Waals surface area contributed by atoms with Crippen LogP contribution in [-0.2, 0) is 5.41 Å². The summed E-state index contributed by atoms with van der Waals surface area (Å²) < 4.78 is 1.01. The number of hydrogen-bond donors (Lipinski definition) is 1. The van der Waals surface area contributed by atoms with Crippen molar-refractivity contribution in [2.45, 2.75) is 64.7 Å². The molecule has 5 rings (SSSR count). The number of nitrogens with two attached hydrogens (primary N) is 1. The van der Waals surface area contributed by atoms with Crippen LogP contribution in [0.5, 0.6) is 0 Å². The van der Waals surface area contributed by atoms with E-state index in [1.165, 1.54) is 38.5 Å². The number of nitrogens with zero attached hydrogens (tertiary/aromatic N) is 2. The standard InChI is InChI=1S/C17H24IN3/c1-10-12(18)13(19)21-14(20-10)17-6-11-4-15(2,8-17)7-16(3,5-11)9-17/h11H,4-9H2,1-3H3,(H2,19,20,21). The Morgan fingerprint density at radius 2 is 1.67 bits per heavy atom. The fraction of sp³-hybridized carbons (Fsp3) is 0.765. The number of hydrogen-bond acceptors (Lipinski definition) is 3. The van der Waals surface area contributed by atoms with Gasteiger partial charge in [-0.3, -0.25) is 0 Å². The van der Waals surface area contributed by atoms with E-state index in [2.05, 4.69) is 43.4 Å². The monoisotopic (exact) mass is 397 g/mol. The van der Waals surface area contributed by atoms with Crippen molar-refractivity contribution in [3.8, 4) is 0 Å². The Labute approximate surface area is 140 Å². The van der Waals surface area contributed by atoms with Gasteiger partial charge < -0.3 is 5.73 Å². The topological polar surface area (TPSA) is 51.8 Å². The fourth-order valence-electron chi connectivity index (χ4n) is 6.52. The quantitative estimate of drug-likeness (QED) is 0.722. The summed E-state index contributed by atoms with van der Waals surface area (Å²) in [6, 6.07) is 0. The number of nitrogen functional groups attached to an aromatic ring is 1. The van der Waals surface area contributed by atoms with Crippen LogP contribution in [0.25, 0.3) is 0 Å². The van der Waals surface area contributed by atoms with Crippen LogP contribution >= 0.6 is 22.6 Å². The molecule has 21 heavy (non-hydrogen) atoms. The maximum absolute atomic E-state index is 6.15. The maximum atomic E-state index is 6.15. The molecule has 4 aliphatic carbocycles. The lowest BCUT2D eigenvalue weighted by atomic mass is 9.40. The maximum Gasteiger partial charge on any atom is 0.140 e. The van der Waals surface area contributed by atoms with Crippen molar-refractivity contribution in [2.24, 2.45) is 16.7 Å². The second-order valence-corrected chi connectivity index (χ2v) is 9.82. The highest BCUT2D eigenvalue weighted by Crippen LogP contribution is 2.69. The molecule has 0 aromatic carbocycles. The van der Waals surface area contributed by atoms with Crippen molar-refractivity contribution in [3.63, 3.8) is 0 Å². The lowest BCUT2D eigenvalue weighted by molar-refractivity contribution is -0.112. The molecule has 3 nitrogen and oxygen atoms in total. The van der Waals surface area contributed by atoms with Crippen molar-refractivity contribution in [1.29, 1.82) is 0 Å². The summed E-state index contributed by atoms with van der Waals surface area (Å²) in [5, 5.41) is 0. The molecule has 0 radical (unpaired) electrons. The van der Waals surface area contributed by atoms with E-state index in [1.807, 2.05) is 0 Å². The number of anilines is 1. The molecule has 4 aliphatic rings. The summed E-state index contributed by atoms with van der Waals surface area (Å²) in [5.74, 6) is 2.57. The molecule has 4 heteroatoms. The molecule has 2 atom stereocenters. The fourth-order valence-corrected chi connectivity index (χ4v) is 6.76. The van der Waals surface area contributed by atoms with Gasteiger partial charge in [-0.25, -0.2) is 9.97 Å². The lowest BCUT2D eigenvalue weighted by Gasteiger charge is -2.64. The molecule has 0 amide bonds. The lowest BCUT2D eigenvalue weighted by Crippen LogP contribution is -2.57. The van der Waals surface area contributed by atoms with Crippen LogP contribution in [0.3, 0.4) is 0 Å². The molecule has 114 valence electrons. The van der Waals surface area contributed by atoms with E-state index < -0.39 is 0 Å². The first-order chi connectivity index (χ1) is 9.73. The van der Waals surface area contributed by atoms with E-state index in [0.717, 1.165) is 21.0 Å². The van der Waals surface area contributed by atoms with E-state index in [9.17, 15) is 0 Å². The molecule has 2 unspecified atom stereocenters. The van der Waals surface area contributed by atoms with Crippen LogP contribution in [0, 0.1) is 27.2 Å². The Bertz CT molecular complexity index is 585. The molecule has 0 spiro atoms. The molecule has 1 aromatic heterocycles. The predicted octanol–water partition coefficient (Wildman–Crippen LogP) is 4.22. The molecular formula is C17H24IN3. The van der Waals surface area contributed by atoms with E-state index in [-0.39, 0.29) is 5.41 Å². The first-order valence-corrected chi connectivity index (χ1v) is 9.11. The Hall–Kier alpha value is -0.390. The van der Waals surface area contributed by atoms with Crippen molar-refractivity contribution < 1.29 is 0 Å². The third-order valence-electron chi connectivity index (χ3n) is 6.14. The minimum atomic E-state index is 0.187. The molecule has 2 N–H and O–H groups in total. The molecule has 1 heterocycles. The first-order valence-electron chi connectivity index (χ1n) is 8.03. The van der Waals surface area contributed by atoms with Gasteiger partial charge in [-0.1, -0.05) is 13.8 Å². The van der Waals surface area contributed by atoms with E-state index in [1.54, 1.807) is 0 Å². The van der Waals surface area contributed by atoms with Crippen LogP contribution in [0.1, 0.15) is 63.9 Å². The average molecular weight is 397 g/mol. The number of halogens is 1. The van der Waals surface area contributed by atoms with E-state index in [4.69, 9.17) is 15.7 Å². The van der Waals surface area contributed by atoms with Gasteiger partial charge in [0.1, 0.15) is 11.6 Å². The van der Waals surface area contributed by atoms with Gasteiger partial charge in [-0.2, -0.15) is 0 Å². The first kappa shape index (κ1) is 14.2. The highest BCUT2D eigenvalue weighted by Gasteiger charge is 2.61. The van der Waals surface area contributed by atoms with Crippen molar-refractivity contribution in [1.82, 2.24) is 9.97 Å². The molecule has 4 fully saturated rings. The van der Waals surface area contributed by atoms with Gasteiger partial charge in [-0.15, -0.1) is 0 Å². The van der Waals surface area contributed by atoms with Crippen LogP contribution in [0.2, 0.25) is 0 Å². The number of rotatable bonds is 1. The summed E-state index contributed by atoms with van der Waals surface area (Å²) in [6.45, 7) is 7.05. The third kappa shape index (κ3) is 2.04. The molecule has 4 bridgehead atoms. The van der Waals surface area contributed by atoms with E-state index >= 15 is 0 Å². The van der Waals surface area contributed by atoms with Gasteiger partial charge in [0.05, 0.1) is 9.26 Å². The zero-order valence-electron chi connectivity index (χ0n) is 13.2. The summed E-state index contributed by atoms with van der Waals surface area (Å²) in [7, 11) is 0. The number of aryl methyl sites for hydroxylation is 1. The zero-order valence-corrected chi connectivity index (χ0v) is 15.3. The highest BCUT2D eigenvalue weighted by atomic mass is 127. The van der Waals surface area contributed by atoms with Gasteiger partial charge in [0, 0.05) is 5.41 Å². The van der Waals surface area contributed by atoms with Crippen LogP contribution in [0.4, 0.5) is 5.82 Å². The summed E-state index contributed by atoms with van der Waals surface area (Å²) in [5.41, 5.74) is 8.36. The normalized spacial score (nSPS) is 44.3. The minimum absolute atomic E-state index is 0.187. The Morgan fingerprint density at radius 1 is 1.05 bits per heavy atom. The molecular weight excluding hydrogens is 373 g/mol. The summed E-state index contributed by atoms with van der Waals surface area (Å²) in [4.78, 5) is 9.63. The second-order valence-electron chi connectivity index (χ2n) is 8.74. The third-order valence-corrected chi connectivity index (χ3v) is 7.48. The predicted molar refractivity (Wildman–Crippen MR) is 93.0 cm³/mol. The van der Waals surface area contributed by atoms with Gasteiger partial charge in [0.2, 0.25) is 0 Å². The van der Waals surface area contributed by atoms with Crippen molar-refractivity contribution in [3.05, 3.63) is 15.1 Å². The average Bonchev–Trinajstić information content (AvgIpc) is 2.30. The molecule has 1 aromatic rings. The van der Waals surface area contributed by atoms with Crippen LogP contribution < -0.4 is 5.73 Å². The molecule has 4 saturated carbocycles. The Kier molecular flexibility index (Phi) is 2.79. The van der Waals surface area contributed by atoms with Gasteiger partial charge in [-0.05, 0) is 84.8 Å². The molecule has 0 aliphatic heterocycles.